The second kappa shape index (κ2) is 7.06. The largest absolute Gasteiger partial charge is 0.416 e. The molecule has 4 N–H and O–H groups in total. The summed E-state index contributed by atoms with van der Waals surface area (Å²) in [6.45, 7) is -0.409. The van der Waals surface area contributed by atoms with Gasteiger partial charge in [0.2, 0.25) is 11.8 Å². The smallest absolute Gasteiger partial charge is 0.394 e. The minimum Gasteiger partial charge on any atom is -0.394 e. The zero-order valence-corrected chi connectivity index (χ0v) is 13.9. The third-order valence-electron chi connectivity index (χ3n) is 4.49. The highest BCUT2D eigenvalue weighted by atomic mass is 19.4. The van der Waals surface area contributed by atoms with Crippen LogP contribution in [0.5, 0.6) is 0 Å². The Balaban J connectivity index is 1.58. The van der Waals surface area contributed by atoms with Gasteiger partial charge in [0.15, 0.2) is 0 Å². The Morgan fingerprint density at radius 3 is 2.52 bits per heavy atom. The summed E-state index contributed by atoms with van der Waals surface area (Å²) in [5.74, 6) is -0.823. The van der Waals surface area contributed by atoms with Crippen LogP contribution in [-0.2, 0) is 15.8 Å². The number of carbonyl (C=O) groups is 3. The second-order valence-electron chi connectivity index (χ2n) is 6.36. The third kappa shape index (κ3) is 3.97. The molecule has 2 saturated heterocycles. The lowest BCUT2D eigenvalue weighted by Gasteiger charge is -2.33. The molecule has 1 aromatic rings. The minimum absolute atomic E-state index is 0.105. The normalized spacial score (nSPS) is 25.0. The van der Waals surface area contributed by atoms with Crippen molar-refractivity contribution in [2.24, 2.45) is 0 Å². The van der Waals surface area contributed by atoms with Crippen LogP contribution in [0.15, 0.2) is 24.3 Å². The molecule has 2 heterocycles. The number of anilines is 1. The molecule has 8 nitrogen and oxygen atoms in total. The van der Waals surface area contributed by atoms with Gasteiger partial charge in [-0.05, 0) is 30.7 Å². The number of rotatable bonds is 3. The third-order valence-corrected chi connectivity index (χ3v) is 4.49. The summed E-state index contributed by atoms with van der Waals surface area (Å²) in [6, 6.07) is 1.08. The standard InChI is InChI=1S/C16H17F3N4O4/c17-16(18,19)8-1-3-9(4-2-8)20-15(27)21-10-5-12-13(25)22-11(7-24)14(26)23(12)6-10/h1-4,10-12,24H,5-7H2,(H,22,25)(H2,20,21,27)/t10-,11-,12-/m0/s1. The van der Waals surface area contributed by atoms with Crippen molar-refractivity contribution in [3.63, 3.8) is 0 Å². The molecule has 3 rings (SSSR count). The molecule has 27 heavy (non-hydrogen) atoms. The topological polar surface area (TPSA) is 111 Å². The number of halogens is 3. The van der Waals surface area contributed by atoms with E-state index in [9.17, 15) is 27.6 Å². The highest BCUT2D eigenvalue weighted by Gasteiger charge is 2.46. The highest BCUT2D eigenvalue weighted by Crippen LogP contribution is 2.29. The number of piperazine rings is 1. The molecular formula is C16H17F3N4O4. The lowest BCUT2D eigenvalue weighted by molar-refractivity contribution is -0.148. The van der Waals surface area contributed by atoms with Crippen LogP contribution in [0.3, 0.4) is 0 Å². The van der Waals surface area contributed by atoms with E-state index in [4.69, 9.17) is 5.11 Å². The zero-order chi connectivity index (χ0) is 19.8. The Bertz CT molecular complexity index is 753. The summed E-state index contributed by atoms with van der Waals surface area (Å²) in [5.41, 5.74) is -0.658. The van der Waals surface area contributed by atoms with Gasteiger partial charge in [-0.15, -0.1) is 0 Å². The van der Waals surface area contributed by atoms with Crippen LogP contribution in [0.2, 0.25) is 0 Å². The van der Waals surface area contributed by atoms with E-state index in [-0.39, 0.29) is 18.7 Å². The van der Waals surface area contributed by atoms with E-state index in [1.54, 1.807) is 0 Å². The maximum absolute atomic E-state index is 12.5. The fourth-order valence-corrected chi connectivity index (χ4v) is 3.18. The van der Waals surface area contributed by atoms with Gasteiger partial charge in [0.1, 0.15) is 12.1 Å². The van der Waals surface area contributed by atoms with Crippen LogP contribution in [0.25, 0.3) is 0 Å². The Morgan fingerprint density at radius 1 is 1.26 bits per heavy atom. The predicted molar refractivity (Wildman–Crippen MR) is 86.5 cm³/mol. The molecule has 1 aromatic carbocycles. The van der Waals surface area contributed by atoms with E-state index in [0.29, 0.717) is 0 Å². The molecular weight excluding hydrogens is 369 g/mol. The molecule has 11 heteroatoms. The van der Waals surface area contributed by atoms with E-state index < -0.39 is 54.3 Å². The number of amides is 4. The first kappa shape index (κ1) is 19.0. The number of nitrogens with zero attached hydrogens (tertiary/aromatic N) is 1. The molecule has 2 aliphatic heterocycles. The average Bonchev–Trinajstić information content (AvgIpc) is 3.02. The van der Waals surface area contributed by atoms with Gasteiger partial charge in [-0.3, -0.25) is 9.59 Å². The van der Waals surface area contributed by atoms with Crippen molar-refractivity contribution in [2.45, 2.75) is 30.7 Å². The summed E-state index contributed by atoms with van der Waals surface area (Å²) in [5, 5.41) is 16.6. The Hall–Kier alpha value is -2.82. The quantitative estimate of drug-likeness (QED) is 0.598. The number of aliphatic hydroxyl groups is 1. The Kier molecular flexibility index (Phi) is 4.96. The molecule has 0 saturated carbocycles. The van der Waals surface area contributed by atoms with E-state index in [2.05, 4.69) is 16.0 Å². The molecule has 0 aromatic heterocycles. The van der Waals surface area contributed by atoms with Crippen molar-refractivity contribution in [3.8, 4) is 0 Å². The van der Waals surface area contributed by atoms with Gasteiger partial charge in [0.05, 0.1) is 18.2 Å². The van der Waals surface area contributed by atoms with Gasteiger partial charge >= 0.3 is 12.2 Å². The highest BCUT2D eigenvalue weighted by molar-refractivity contribution is 5.98. The van der Waals surface area contributed by atoms with Crippen LogP contribution in [0, 0.1) is 0 Å². The van der Waals surface area contributed by atoms with Crippen LogP contribution >= 0.6 is 0 Å². The van der Waals surface area contributed by atoms with Crippen molar-refractivity contribution in [1.29, 1.82) is 0 Å². The molecule has 2 fully saturated rings. The number of alkyl halides is 3. The van der Waals surface area contributed by atoms with Crippen molar-refractivity contribution in [2.75, 3.05) is 18.5 Å². The minimum atomic E-state index is -4.46. The molecule has 146 valence electrons. The second-order valence-corrected chi connectivity index (χ2v) is 6.36. The monoisotopic (exact) mass is 386 g/mol. The van der Waals surface area contributed by atoms with Gasteiger partial charge in [-0.2, -0.15) is 13.2 Å². The number of hydrogen-bond acceptors (Lipinski definition) is 4. The van der Waals surface area contributed by atoms with Crippen molar-refractivity contribution >= 4 is 23.5 Å². The van der Waals surface area contributed by atoms with Crippen molar-refractivity contribution < 1.29 is 32.7 Å². The van der Waals surface area contributed by atoms with Gasteiger partial charge in [0, 0.05) is 12.2 Å². The SMILES string of the molecule is O=C(Nc1ccc(C(F)(F)F)cc1)N[C@H]1C[C@H]2C(=O)N[C@@H](CO)C(=O)N2C1. The molecule has 0 aliphatic carbocycles. The van der Waals surface area contributed by atoms with Crippen molar-refractivity contribution in [3.05, 3.63) is 29.8 Å². The molecule has 0 radical (unpaired) electrons. The van der Waals surface area contributed by atoms with Gasteiger partial charge in [-0.25, -0.2) is 4.79 Å². The van der Waals surface area contributed by atoms with E-state index in [1.807, 2.05) is 0 Å². The van der Waals surface area contributed by atoms with E-state index in [0.717, 1.165) is 24.3 Å². The maximum Gasteiger partial charge on any atom is 0.416 e. The summed E-state index contributed by atoms with van der Waals surface area (Å²) < 4.78 is 37.6. The number of nitrogens with one attached hydrogen (secondary N) is 3. The number of aliphatic hydroxyl groups excluding tert-OH is 1. The number of fused-ring (bicyclic) bond motifs is 1. The molecule has 2 aliphatic rings. The maximum atomic E-state index is 12.5. The van der Waals surface area contributed by atoms with Gasteiger partial charge in [0.25, 0.3) is 0 Å². The summed E-state index contributed by atoms with van der Waals surface area (Å²) in [6.07, 6.45) is -4.26. The van der Waals surface area contributed by atoms with E-state index in [1.165, 1.54) is 4.90 Å². The Labute approximate surface area is 151 Å². The first-order chi connectivity index (χ1) is 12.7. The summed E-state index contributed by atoms with van der Waals surface area (Å²) in [7, 11) is 0. The van der Waals surface area contributed by atoms with E-state index >= 15 is 0 Å². The fourth-order valence-electron chi connectivity index (χ4n) is 3.18. The molecule has 0 unspecified atom stereocenters. The van der Waals surface area contributed by atoms with Crippen LogP contribution < -0.4 is 16.0 Å². The number of carbonyl (C=O) groups excluding carboxylic acids is 3. The van der Waals surface area contributed by atoms with Gasteiger partial charge in [-0.1, -0.05) is 0 Å². The number of hydrogen-bond donors (Lipinski definition) is 4. The lowest BCUT2D eigenvalue weighted by atomic mass is 10.1. The first-order valence-electron chi connectivity index (χ1n) is 8.15. The molecule has 0 spiro atoms. The number of benzene rings is 1. The van der Waals surface area contributed by atoms with Crippen LogP contribution in [-0.4, -0.2) is 59.1 Å². The molecule has 3 atom stereocenters. The Morgan fingerprint density at radius 2 is 1.93 bits per heavy atom. The summed E-state index contributed by atoms with van der Waals surface area (Å²) >= 11 is 0. The summed E-state index contributed by atoms with van der Waals surface area (Å²) in [4.78, 5) is 37.5. The average molecular weight is 386 g/mol. The van der Waals surface area contributed by atoms with Gasteiger partial charge < -0.3 is 26.0 Å². The van der Waals surface area contributed by atoms with Crippen LogP contribution in [0.1, 0.15) is 12.0 Å². The fraction of sp³-hybridized carbons (Fsp3) is 0.438. The number of urea groups is 1. The molecule has 0 bridgehead atoms. The van der Waals surface area contributed by atoms with Crippen molar-refractivity contribution in [1.82, 2.24) is 15.5 Å². The molecule has 4 amide bonds. The van der Waals surface area contributed by atoms with Crippen LogP contribution in [0.4, 0.5) is 23.7 Å². The lowest BCUT2D eigenvalue weighted by Crippen LogP contribution is -2.62. The first-order valence-corrected chi connectivity index (χ1v) is 8.15. The predicted octanol–water partition coefficient (Wildman–Crippen LogP) is 0.287. The zero-order valence-electron chi connectivity index (χ0n) is 13.9.